The Balaban J connectivity index is 2.49. The number of aryl methyl sites for hydroxylation is 1. The molecule has 0 amide bonds. The van der Waals surface area contributed by atoms with Crippen LogP contribution in [-0.4, -0.2) is 16.0 Å². The summed E-state index contributed by atoms with van der Waals surface area (Å²) in [6, 6.07) is -0.218. The van der Waals surface area contributed by atoms with Crippen LogP contribution < -0.4 is 5.73 Å². The first-order valence-corrected chi connectivity index (χ1v) is 4.64. The van der Waals surface area contributed by atoms with E-state index in [1.807, 2.05) is 0 Å². The molecule has 1 aromatic heterocycles. The molecule has 15 heavy (non-hydrogen) atoms. The van der Waals surface area contributed by atoms with Gasteiger partial charge in [-0.2, -0.15) is 13.2 Å². The molecule has 1 atom stereocenters. The minimum Gasteiger partial charge on any atom is -0.327 e. The van der Waals surface area contributed by atoms with Gasteiger partial charge >= 0.3 is 6.18 Å². The van der Waals surface area contributed by atoms with Gasteiger partial charge in [0, 0.05) is 17.3 Å². The fourth-order valence-corrected chi connectivity index (χ4v) is 1.81. The standard InChI is InChI=1S/C9H10F3N3/c10-9(11,12)8-6-3-5(13)1-2-7(6)14-4-15-8/h4-5H,1-3,13H2/t5-/m0/s1. The third-order valence-corrected chi connectivity index (χ3v) is 2.52. The van der Waals surface area contributed by atoms with Crippen molar-refractivity contribution in [1.29, 1.82) is 0 Å². The lowest BCUT2D eigenvalue weighted by Crippen LogP contribution is -2.31. The van der Waals surface area contributed by atoms with Crippen LogP contribution in [0.2, 0.25) is 0 Å². The Morgan fingerprint density at radius 1 is 1.33 bits per heavy atom. The van der Waals surface area contributed by atoms with Gasteiger partial charge in [0.2, 0.25) is 0 Å². The molecule has 82 valence electrons. The van der Waals surface area contributed by atoms with E-state index in [2.05, 4.69) is 9.97 Å². The molecule has 1 aromatic rings. The first-order valence-electron chi connectivity index (χ1n) is 4.64. The summed E-state index contributed by atoms with van der Waals surface area (Å²) in [5.74, 6) is 0. The van der Waals surface area contributed by atoms with E-state index in [1.54, 1.807) is 0 Å². The first kappa shape index (κ1) is 10.4. The number of halogens is 3. The minimum atomic E-state index is -4.41. The highest BCUT2D eigenvalue weighted by Crippen LogP contribution is 2.33. The zero-order valence-corrected chi connectivity index (χ0v) is 7.88. The Labute approximate surface area is 84.5 Å². The van der Waals surface area contributed by atoms with Crippen LogP contribution in [-0.2, 0) is 19.0 Å². The summed E-state index contributed by atoms with van der Waals surface area (Å²) in [6.07, 6.45) is -2.04. The fraction of sp³-hybridized carbons (Fsp3) is 0.556. The zero-order valence-electron chi connectivity index (χ0n) is 7.88. The average Bonchev–Trinajstić information content (AvgIpc) is 2.15. The largest absolute Gasteiger partial charge is 0.433 e. The summed E-state index contributed by atoms with van der Waals surface area (Å²) in [6.45, 7) is 0. The van der Waals surface area contributed by atoms with Crippen molar-refractivity contribution in [2.24, 2.45) is 5.73 Å². The second kappa shape index (κ2) is 3.44. The van der Waals surface area contributed by atoms with Gasteiger partial charge in [-0.15, -0.1) is 0 Å². The lowest BCUT2D eigenvalue weighted by Gasteiger charge is -2.22. The Hall–Kier alpha value is -1.17. The minimum absolute atomic E-state index is 0.170. The number of alkyl halides is 3. The van der Waals surface area contributed by atoms with Gasteiger partial charge in [0.1, 0.15) is 6.33 Å². The van der Waals surface area contributed by atoms with Gasteiger partial charge in [0.25, 0.3) is 0 Å². The maximum atomic E-state index is 12.6. The van der Waals surface area contributed by atoms with E-state index in [0.717, 1.165) is 6.33 Å². The maximum absolute atomic E-state index is 12.6. The SMILES string of the molecule is N[C@H]1CCc2ncnc(C(F)(F)F)c2C1. The van der Waals surface area contributed by atoms with Crippen molar-refractivity contribution in [3.63, 3.8) is 0 Å². The molecule has 2 rings (SSSR count). The number of nitrogens with two attached hydrogens (primary N) is 1. The average molecular weight is 217 g/mol. The molecule has 3 nitrogen and oxygen atoms in total. The summed E-state index contributed by atoms with van der Waals surface area (Å²) < 4.78 is 37.7. The van der Waals surface area contributed by atoms with E-state index in [0.29, 0.717) is 18.5 Å². The summed E-state index contributed by atoms with van der Waals surface area (Å²) in [5, 5.41) is 0. The van der Waals surface area contributed by atoms with Crippen LogP contribution in [0.15, 0.2) is 6.33 Å². The highest BCUT2D eigenvalue weighted by atomic mass is 19.4. The zero-order chi connectivity index (χ0) is 11.1. The lowest BCUT2D eigenvalue weighted by atomic mass is 9.91. The molecular formula is C9H10F3N3. The van der Waals surface area contributed by atoms with Crippen LogP contribution in [0.25, 0.3) is 0 Å². The molecule has 0 saturated heterocycles. The second-order valence-electron chi connectivity index (χ2n) is 3.65. The molecule has 0 bridgehead atoms. The molecular weight excluding hydrogens is 207 g/mol. The molecule has 1 aliphatic rings. The smallest absolute Gasteiger partial charge is 0.327 e. The van der Waals surface area contributed by atoms with Crippen LogP contribution in [0.5, 0.6) is 0 Å². The van der Waals surface area contributed by atoms with Crippen LogP contribution in [0, 0.1) is 0 Å². The Morgan fingerprint density at radius 2 is 2.07 bits per heavy atom. The molecule has 6 heteroatoms. The van der Waals surface area contributed by atoms with Crippen LogP contribution in [0.1, 0.15) is 23.4 Å². The molecule has 0 aliphatic heterocycles. The van der Waals surface area contributed by atoms with Crippen molar-refractivity contribution in [2.45, 2.75) is 31.5 Å². The van der Waals surface area contributed by atoms with Crippen LogP contribution in [0.3, 0.4) is 0 Å². The second-order valence-corrected chi connectivity index (χ2v) is 3.65. The number of aromatic nitrogens is 2. The van der Waals surface area contributed by atoms with E-state index in [9.17, 15) is 13.2 Å². The van der Waals surface area contributed by atoms with E-state index in [1.165, 1.54) is 0 Å². The molecule has 1 aliphatic carbocycles. The number of hydrogen-bond acceptors (Lipinski definition) is 3. The molecule has 0 radical (unpaired) electrons. The molecule has 2 N–H and O–H groups in total. The van der Waals surface area contributed by atoms with Crippen molar-refractivity contribution in [3.05, 3.63) is 23.3 Å². The number of rotatable bonds is 0. The molecule has 0 unspecified atom stereocenters. The monoisotopic (exact) mass is 217 g/mol. The lowest BCUT2D eigenvalue weighted by molar-refractivity contribution is -0.142. The van der Waals surface area contributed by atoms with Crippen molar-refractivity contribution < 1.29 is 13.2 Å². The van der Waals surface area contributed by atoms with E-state index in [4.69, 9.17) is 5.73 Å². The van der Waals surface area contributed by atoms with Crippen LogP contribution in [0.4, 0.5) is 13.2 Å². The normalized spacial score (nSPS) is 21.2. The summed E-state index contributed by atoms with van der Waals surface area (Å²) in [7, 11) is 0. The van der Waals surface area contributed by atoms with Gasteiger partial charge in [0.15, 0.2) is 5.69 Å². The summed E-state index contributed by atoms with van der Waals surface area (Å²) >= 11 is 0. The third-order valence-electron chi connectivity index (χ3n) is 2.52. The van der Waals surface area contributed by atoms with Gasteiger partial charge in [-0.05, 0) is 19.3 Å². The molecule has 0 aromatic carbocycles. The van der Waals surface area contributed by atoms with Crippen molar-refractivity contribution in [2.75, 3.05) is 0 Å². The Morgan fingerprint density at radius 3 is 2.73 bits per heavy atom. The fourth-order valence-electron chi connectivity index (χ4n) is 1.81. The van der Waals surface area contributed by atoms with E-state index < -0.39 is 11.9 Å². The quantitative estimate of drug-likeness (QED) is 0.712. The third kappa shape index (κ3) is 1.94. The summed E-state index contributed by atoms with van der Waals surface area (Å²) in [5.41, 5.74) is 5.46. The Bertz CT molecular complexity index is 375. The maximum Gasteiger partial charge on any atom is 0.433 e. The predicted molar refractivity (Wildman–Crippen MR) is 47.0 cm³/mol. The Kier molecular flexibility index (Phi) is 2.38. The number of nitrogens with zero attached hydrogens (tertiary/aromatic N) is 2. The van der Waals surface area contributed by atoms with Gasteiger partial charge in [0.05, 0.1) is 0 Å². The van der Waals surface area contributed by atoms with E-state index >= 15 is 0 Å². The van der Waals surface area contributed by atoms with Gasteiger partial charge in [-0.25, -0.2) is 9.97 Å². The van der Waals surface area contributed by atoms with Crippen molar-refractivity contribution >= 4 is 0 Å². The first-order chi connectivity index (χ1) is 6.98. The molecule has 0 fully saturated rings. The van der Waals surface area contributed by atoms with Crippen molar-refractivity contribution in [3.8, 4) is 0 Å². The van der Waals surface area contributed by atoms with Crippen LogP contribution >= 0.6 is 0 Å². The van der Waals surface area contributed by atoms with Crippen molar-refractivity contribution in [1.82, 2.24) is 9.97 Å². The topological polar surface area (TPSA) is 51.8 Å². The number of hydrogen-bond donors (Lipinski definition) is 1. The molecule has 1 heterocycles. The van der Waals surface area contributed by atoms with Gasteiger partial charge in [-0.1, -0.05) is 0 Å². The van der Waals surface area contributed by atoms with Gasteiger partial charge in [-0.3, -0.25) is 0 Å². The molecule has 0 spiro atoms. The van der Waals surface area contributed by atoms with Gasteiger partial charge < -0.3 is 5.73 Å². The molecule has 0 saturated carbocycles. The van der Waals surface area contributed by atoms with E-state index in [-0.39, 0.29) is 18.0 Å². The highest BCUT2D eigenvalue weighted by Gasteiger charge is 2.37. The summed E-state index contributed by atoms with van der Waals surface area (Å²) in [4.78, 5) is 7.17. The predicted octanol–water partition coefficient (Wildman–Crippen LogP) is 1.31. The highest BCUT2D eigenvalue weighted by molar-refractivity contribution is 5.30. The number of fused-ring (bicyclic) bond motifs is 1.